The minimum absolute atomic E-state index is 0.0321. The zero-order valence-electron chi connectivity index (χ0n) is 10.1. The monoisotopic (exact) mass is 310 g/mol. The molecule has 0 aliphatic heterocycles. The highest BCUT2D eigenvalue weighted by atomic mass is 79.9. The summed E-state index contributed by atoms with van der Waals surface area (Å²) in [6, 6.07) is 5.62. The molecule has 0 radical (unpaired) electrons. The van der Waals surface area contributed by atoms with Crippen LogP contribution in [0.4, 0.5) is 0 Å². The Morgan fingerprint density at radius 2 is 2.28 bits per heavy atom. The second-order valence-corrected chi connectivity index (χ2v) is 4.87. The highest BCUT2D eigenvalue weighted by Gasteiger charge is 2.07. The summed E-state index contributed by atoms with van der Waals surface area (Å²) < 4.78 is 8.39. The van der Waals surface area contributed by atoms with Crippen molar-refractivity contribution >= 4 is 15.9 Å². The lowest BCUT2D eigenvalue weighted by Crippen LogP contribution is -2.09. The smallest absolute Gasteiger partial charge is 0.139 e. The summed E-state index contributed by atoms with van der Waals surface area (Å²) in [6.45, 7) is 3.16. The van der Waals surface area contributed by atoms with Crippen LogP contribution in [0.1, 0.15) is 11.1 Å². The molecule has 0 aliphatic carbocycles. The number of nitrogens with zero attached hydrogens (tertiary/aromatic N) is 2. The van der Waals surface area contributed by atoms with Gasteiger partial charge in [-0.2, -0.15) is 5.10 Å². The lowest BCUT2D eigenvalue weighted by molar-refractivity contribution is 0.254. The van der Waals surface area contributed by atoms with Crippen molar-refractivity contribution in [2.45, 2.75) is 20.1 Å². The summed E-state index contributed by atoms with van der Waals surface area (Å²) in [4.78, 5) is 0. The van der Waals surface area contributed by atoms with E-state index < -0.39 is 0 Å². The average molecular weight is 311 g/mol. The van der Waals surface area contributed by atoms with Gasteiger partial charge in [0.2, 0.25) is 0 Å². The highest BCUT2D eigenvalue weighted by molar-refractivity contribution is 9.10. The first-order valence-corrected chi connectivity index (χ1v) is 6.50. The lowest BCUT2D eigenvalue weighted by atomic mass is 10.2. The molecule has 0 saturated carbocycles. The lowest BCUT2D eigenvalue weighted by Gasteiger charge is -2.11. The van der Waals surface area contributed by atoms with Gasteiger partial charge in [-0.15, -0.1) is 0 Å². The molecule has 0 amide bonds. The van der Waals surface area contributed by atoms with Crippen LogP contribution in [-0.2, 0) is 13.2 Å². The summed E-state index contributed by atoms with van der Waals surface area (Å²) in [5.74, 6) is 0.698. The van der Waals surface area contributed by atoms with Crippen molar-refractivity contribution in [3.8, 4) is 5.75 Å². The van der Waals surface area contributed by atoms with E-state index in [1.807, 2.05) is 42.2 Å². The van der Waals surface area contributed by atoms with Crippen LogP contribution in [0.15, 0.2) is 35.1 Å². The van der Waals surface area contributed by atoms with Crippen molar-refractivity contribution in [1.82, 2.24) is 9.78 Å². The maximum Gasteiger partial charge on any atom is 0.139 e. The number of hydrogen-bond acceptors (Lipinski definition) is 3. The average Bonchev–Trinajstić information content (AvgIpc) is 2.77. The molecule has 0 aliphatic rings. The van der Waals surface area contributed by atoms with Crippen molar-refractivity contribution in [2.24, 2.45) is 0 Å². The van der Waals surface area contributed by atoms with Crippen molar-refractivity contribution < 1.29 is 9.84 Å². The zero-order chi connectivity index (χ0) is 13.0. The summed E-state index contributed by atoms with van der Waals surface area (Å²) >= 11 is 3.42. The number of para-hydroxylation sites is 1. The minimum Gasteiger partial charge on any atom is -0.490 e. The van der Waals surface area contributed by atoms with Crippen LogP contribution in [-0.4, -0.2) is 21.5 Å². The molecule has 0 spiro atoms. The second kappa shape index (κ2) is 6.02. The van der Waals surface area contributed by atoms with Gasteiger partial charge in [-0.25, -0.2) is 0 Å². The van der Waals surface area contributed by atoms with Crippen molar-refractivity contribution in [3.63, 3.8) is 0 Å². The van der Waals surface area contributed by atoms with Gasteiger partial charge in [0.25, 0.3) is 0 Å². The summed E-state index contributed by atoms with van der Waals surface area (Å²) in [6.07, 6.45) is 3.79. The molecule has 4 nitrogen and oxygen atoms in total. The van der Waals surface area contributed by atoms with E-state index in [9.17, 15) is 5.11 Å². The Morgan fingerprint density at radius 3 is 2.94 bits per heavy atom. The number of halogens is 1. The molecular formula is C13H15BrN2O2. The van der Waals surface area contributed by atoms with E-state index >= 15 is 0 Å². The predicted octanol–water partition coefficient (Wildman–Crippen LogP) is 2.53. The molecule has 5 heteroatoms. The zero-order valence-corrected chi connectivity index (χ0v) is 11.7. The van der Waals surface area contributed by atoms with Gasteiger partial charge in [0.05, 0.1) is 23.8 Å². The van der Waals surface area contributed by atoms with E-state index in [0.29, 0.717) is 18.9 Å². The van der Waals surface area contributed by atoms with Gasteiger partial charge in [0.1, 0.15) is 12.4 Å². The van der Waals surface area contributed by atoms with Crippen LogP contribution < -0.4 is 4.74 Å². The molecule has 0 saturated heterocycles. The molecule has 0 fully saturated rings. The molecule has 0 bridgehead atoms. The van der Waals surface area contributed by atoms with Gasteiger partial charge in [0, 0.05) is 11.8 Å². The number of aromatic nitrogens is 2. The summed E-state index contributed by atoms with van der Waals surface area (Å²) in [7, 11) is 0. The topological polar surface area (TPSA) is 47.3 Å². The fourth-order valence-corrected chi connectivity index (χ4v) is 2.19. The van der Waals surface area contributed by atoms with E-state index in [4.69, 9.17) is 4.74 Å². The second-order valence-electron chi connectivity index (χ2n) is 4.02. The van der Waals surface area contributed by atoms with E-state index in [0.717, 1.165) is 15.6 Å². The molecule has 0 atom stereocenters. The van der Waals surface area contributed by atoms with Crippen molar-refractivity contribution in [3.05, 3.63) is 46.2 Å². The molecule has 1 aromatic heterocycles. The van der Waals surface area contributed by atoms with Gasteiger partial charge in [-0.3, -0.25) is 4.68 Å². The normalized spacial score (nSPS) is 10.6. The first kappa shape index (κ1) is 13.1. The van der Waals surface area contributed by atoms with Gasteiger partial charge in [-0.1, -0.05) is 12.1 Å². The number of ether oxygens (including phenoxy) is 1. The van der Waals surface area contributed by atoms with Crippen LogP contribution in [0.5, 0.6) is 5.75 Å². The quantitative estimate of drug-likeness (QED) is 0.923. The number of aliphatic hydroxyl groups excluding tert-OH is 1. The molecule has 0 unspecified atom stereocenters. The van der Waals surface area contributed by atoms with Crippen molar-refractivity contribution in [2.75, 3.05) is 6.61 Å². The van der Waals surface area contributed by atoms with Crippen LogP contribution in [0.2, 0.25) is 0 Å². The van der Waals surface area contributed by atoms with E-state index in [1.54, 1.807) is 0 Å². The Bertz CT molecular complexity index is 525. The Balaban J connectivity index is 1.98. The number of benzene rings is 1. The Morgan fingerprint density at radius 1 is 1.44 bits per heavy atom. The summed E-state index contributed by atoms with van der Waals surface area (Å²) in [5.41, 5.74) is 1.91. The van der Waals surface area contributed by atoms with Crippen LogP contribution >= 0.6 is 15.9 Å². The maximum atomic E-state index is 9.24. The van der Waals surface area contributed by atoms with E-state index in [-0.39, 0.29) is 6.61 Å². The number of hydrogen-bond donors (Lipinski definition) is 1. The minimum atomic E-state index is -0.0321. The van der Waals surface area contributed by atoms with Crippen LogP contribution in [0.3, 0.4) is 0 Å². The van der Waals surface area contributed by atoms with Gasteiger partial charge in [0.15, 0.2) is 0 Å². The highest BCUT2D eigenvalue weighted by Crippen LogP contribution is 2.29. The fourth-order valence-electron chi connectivity index (χ4n) is 1.67. The third-order valence-corrected chi connectivity index (χ3v) is 3.17. The SMILES string of the molecule is Cc1cnn(CCOc2c(Br)cccc2CO)c1. The molecule has 2 aromatic rings. The molecule has 2 rings (SSSR count). The molecule has 1 aromatic carbocycles. The predicted molar refractivity (Wildman–Crippen MR) is 72.5 cm³/mol. The van der Waals surface area contributed by atoms with E-state index in [1.165, 1.54) is 0 Å². The largest absolute Gasteiger partial charge is 0.490 e. The van der Waals surface area contributed by atoms with Crippen LogP contribution in [0.25, 0.3) is 0 Å². The molecule has 96 valence electrons. The number of aliphatic hydroxyl groups is 1. The standard InChI is InChI=1S/C13H15BrN2O2/c1-10-7-15-16(8-10)5-6-18-13-11(9-17)3-2-4-12(13)14/h2-4,7-8,17H,5-6,9H2,1H3. The number of aryl methyl sites for hydroxylation is 1. The number of rotatable bonds is 5. The Labute approximate surface area is 114 Å². The van der Waals surface area contributed by atoms with Gasteiger partial charge < -0.3 is 9.84 Å². The third kappa shape index (κ3) is 3.11. The first-order chi connectivity index (χ1) is 8.70. The summed E-state index contributed by atoms with van der Waals surface area (Å²) in [5, 5.41) is 13.4. The molecule has 18 heavy (non-hydrogen) atoms. The Kier molecular flexibility index (Phi) is 4.38. The Hall–Kier alpha value is -1.33. The van der Waals surface area contributed by atoms with Crippen LogP contribution in [0, 0.1) is 6.92 Å². The van der Waals surface area contributed by atoms with E-state index in [2.05, 4.69) is 21.0 Å². The molecule has 1 heterocycles. The van der Waals surface area contributed by atoms with Gasteiger partial charge in [-0.05, 0) is 34.5 Å². The fraction of sp³-hybridized carbons (Fsp3) is 0.308. The molecular weight excluding hydrogens is 296 g/mol. The molecule has 1 N–H and O–H groups in total. The van der Waals surface area contributed by atoms with Gasteiger partial charge >= 0.3 is 0 Å². The maximum absolute atomic E-state index is 9.24. The van der Waals surface area contributed by atoms with Crippen molar-refractivity contribution in [1.29, 1.82) is 0 Å². The first-order valence-electron chi connectivity index (χ1n) is 5.71. The third-order valence-electron chi connectivity index (χ3n) is 2.55.